The van der Waals surface area contributed by atoms with Crippen LogP contribution in [0, 0.1) is 0 Å². The molecule has 0 bridgehead atoms. The number of hydrogen-bond donors (Lipinski definition) is 3. The van der Waals surface area contributed by atoms with Gasteiger partial charge in [-0.1, -0.05) is 0 Å². The Morgan fingerprint density at radius 1 is 0.571 bits per heavy atom. The summed E-state index contributed by atoms with van der Waals surface area (Å²) in [6.45, 7) is 1.66. The van der Waals surface area contributed by atoms with Crippen LogP contribution < -0.4 is 34.3 Å². The van der Waals surface area contributed by atoms with Crippen molar-refractivity contribution in [1.29, 1.82) is 0 Å². The minimum absolute atomic E-state index is 0.194. The van der Waals surface area contributed by atoms with E-state index in [-0.39, 0.29) is 19.6 Å². The van der Waals surface area contributed by atoms with Gasteiger partial charge in [0.15, 0.2) is 0 Å². The molecule has 0 saturated heterocycles. The first-order valence-electron chi connectivity index (χ1n) is 7.13. The number of nitrogens with two attached hydrogens (primary N) is 3. The lowest BCUT2D eigenvalue weighted by Crippen LogP contribution is -2.54. The van der Waals surface area contributed by atoms with Crippen LogP contribution in [0.2, 0.25) is 0 Å². The second-order valence-corrected chi connectivity index (χ2v) is 4.73. The van der Waals surface area contributed by atoms with Crippen molar-refractivity contribution in [1.82, 2.24) is 13.7 Å². The molecule has 1 rings (SSSR count). The van der Waals surface area contributed by atoms with Crippen molar-refractivity contribution in [2.45, 2.75) is 38.9 Å². The van der Waals surface area contributed by atoms with Crippen molar-refractivity contribution in [3.8, 4) is 0 Å². The highest BCUT2D eigenvalue weighted by Gasteiger charge is 2.14. The number of nitrogens with zero attached hydrogens (tertiary/aromatic N) is 3. The first-order chi connectivity index (χ1) is 10.1. The highest BCUT2D eigenvalue weighted by atomic mass is 16.2. The molecule has 1 heterocycles. The maximum atomic E-state index is 12.3. The van der Waals surface area contributed by atoms with E-state index in [2.05, 4.69) is 0 Å². The van der Waals surface area contributed by atoms with Gasteiger partial charge in [0.2, 0.25) is 0 Å². The molecule has 0 aliphatic carbocycles. The van der Waals surface area contributed by atoms with Gasteiger partial charge in [0.25, 0.3) is 0 Å². The third kappa shape index (κ3) is 4.13. The van der Waals surface area contributed by atoms with E-state index >= 15 is 0 Å². The standard InChI is InChI=1S/C12H24N6O3/c13-4-1-7-16-10(19)17(8-2-5-14)12(21)18(11(16)20)9-3-6-15/h1-9,13-15H2. The van der Waals surface area contributed by atoms with Gasteiger partial charge in [0, 0.05) is 19.6 Å². The van der Waals surface area contributed by atoms with Gasteiger partial charge in [-0.3, -0.25) is 0 Å². The van der Waals surface area contributed by atoms with Gasteiger partial charge in [-0.15, -0.1) is 0 Å². The number of rotatable bonds is 9. The molecule has 0 radical (unpaired) electrons. The SMILES string of the molecule is NCCCn1c(=O)n(CCCN)c(=O)n(CCCN)c1=O. The van der Waals surface area contributed by atoms with Gasteiger partial charge in [0.05, 0.1) is 0 Å². The minimum atomic E-state index is -0.601. The van der Waals surface area contributed by atoms with Crippen molar-refractivity contribution in [2.75, 3.05) is 19.6 Å². The van der Waals surface area contributed by atoms with Gasteiger partial charge >= 0.3 is 17.1 Å². The molecule has 1 aromatic rings. The Bertz CT molecular complexity index is 499. The summed E-state index contributed by atoms with van der Waals surface area (Å²) in [4.78, 5) is 36.8. The number of hydrogen-bond acceptors (Lipinski definition) is 6. The number of aromatic nitrogens is 3. The molecule has 21 heavy (non-hydrogen) atoms. The average Bonchev–Trinajstić information content (AvgIpc) is 2.47. The second-order valence-electron chi connectivity index (χ2n) is 4.73. The zero-order chi connectivity index (χ0) is 15.8. The van der Waals surface area contributed by atoms with Crippen LogP contribution in [0.1, 0.15) is 19.3 Å². The summed E-state index contributed by atoms with van der Waals surface area (Å²) in [5, 5.41) is 0. The third-order valence-corrected chi connectivity index (χ3v) is 3.14. The largest absolute Gasteiger partial charge is 0.336 e. The predicted octanol–water partition coefficient (Wildman–Crippen LogP) is -2.78. The highest BCUT2D eigenvalue weighted by Crippen LogP contribution is 1.85. The quantitative estimate of drug-likeness (QED) is 0.450. The first kappa shape index (κ1) is 17.3. The molecule has 0 atom stereocenters. The summed E-state index contributed by atoms with van der Waals surface area (Å²) in [6, 6.07) is 0. The van der Waals surface area contributed by atoms with E-state index in [1.54, 1.807) is 0 Å². The fourth-order valence-electron chi connectivity index (χ4n) is 2.00. The zero-order valence-corrected chi connectivity index (χ0v) is 12.2. The Morgan fingerprint density at radius 2 is 0.810 bits per heavy atom. The van der Waals surface area contributed by atoms with Crippen LogP contribution >= 0.6 is 0 Å². The lowest BCUT2D eigenvalue weighted by Gasteiger charge is -2.13. The van der Waals surface area contributed by atoms with Gasteiger partial charge in [-0.25, -0.2) is 28.1 Å². The Labute approximate surface area is 122 Å². The molecule has 0 amide bonds. The fraction of sp³-hybridized carbons (Fsp3) is 0.750. The molecule has 0 spiro atoms. The van der Waals surface area contributed by atoms with Crippen LogP contribution in [-0.2, 0) is 19.6 Å². The molecule has 120 valence electrons. The molecule has 1 aromatic heterocycles. The monoisotopic (exact) mass is 300 g/mol. The molecule has 0 aromatic carbocycles. The van der Waals surface area contributed by atoms with Crippen molar-refractivity contribution >= 4 is 0 Å². The van der Waals surface area contributed by atoms with Gasteiger partial charge in [0.1, 0.15) is 0 Å². The molecule has 6 N–H and O–H groups in total. The Hall–Kier alpha value is -1.71. The van der Waals surface area contributed by atoms with Gasteiger partial charge in [-0.2, -0.15) is 0 Å². The predicted molar refractivity (Wildman–Crippen MR) is 80.2 cm³/mol. The molecule has 9 heteroatoms. The fourth-order valence-corrected chi connectivity index (χ4v) is 2.00. The molecule has 9 nitrogen and oxygen atoms in total. The van der Waals surface area contributed by atoms with E-state index in [9.17, 15) is 14.4 Å². The van der Waals surface area contributed by atoms with E-state index in [4.69, 9.17) is 17.2 Å². The smallest absolute Gasteiger partial charge is 0.330 e. The van der Waals surface area contributed by atoms with Crippen molar-refractivity contribution in [3.05, 3.63) is 31.5 Å². The molecule has 0 aliphatic rings. The van der Waals surface area contributed by atoms with Crippen LogP contribution in [0.3, 0.4) is 0 Å². The van der Waals surface area contributed by atoms with Gasteiger partial charge in [-0.05, 0) is 38.9 Å². The molecule has 0 saturated carbocycles. The van der Waals surface area contributed by atoms with Gasteiger partial charge < -0.3 is 17.2 Å². The van der Waals surface area contributed by atoms with Crippen LogP contribution in [0.25, 0.3) is 0 Å². The van der Waals surface area contributed by atoms with E-state index in [1.807, 2.05) is 0 Å². The molecule has 0 fully saturated rings. The molecule has 0 unspecified atom stereocenters. The maximum Gasteiger partial charge on any atom is 0.336 e. The summed E-state index contributed by atoms with van der Waals surface area (Å²) in [7, 11) is 0. The van der Waals surface area contributed by atoms with Crippen molar-refractivity contribution in [2.24, 2.45) is 17.2 Å². The molecule has 0 aliphatic heterocycles. The van der Waals surface area contributed by atoms with Crippen molar-refractivity contribution < 1.29 is 0 Å². The minimum Gasteiger partial charge on any atom is -0.330 e. The normalized spacial score (nSPS) is 11.0. The summed E-state index contributed by atoms with van der Waals surface area (Å²) < 4.78 is 3.17. The average molecular weight is 300 g/mol. The first-order valence-corrected chi connectivity index (χ1v) is 7.13. The third-order valence-electron chi connectivity index (χ3n) is 3.14. The second kappa shape index (κ2) is 8.55. The summed E-state index contributed by atoms with van der Waals surface area (Å²) >= 11 is 0. The molecular weight excluding hydrogens is 276 g/mol. The summed E-state index contributed by atoms with van der Waals surface area (Å²) in [6.07, 6.45) is 1.46. The summed E-state index contributed by atoms with van der Waals surface area (Å²) in [5.41, 5.74) is 14.4. The lowest BCUT2D eigenvalue weighted by atomic mass is 10.4. The Balaban J connectivity index is 3.39. The molecular formula is C12H24N6O3. The van der Waals surface area contributed by atoms with Crippen LogP contribution in [-0.4, -0.2) is 33.3 Å². The topological polar surface area (TPSA) is 144 Å². The van der Waals surface area contributed by atoms with Crippen LogP contribution in [0.5, 0.6) is 0 Å². The van der Waals surface area contributed by atoms with E-state index in [1.165, 1.54) is 0 Å². The van der Waals surface area contributed by atoms with Crippen molar-refractivity contribution in [3.63, 3.8) is 0 Å². The lowest BCUT2D eigenvalue weighted by molar-refractivity contribution is 0.430. The van der Waals surface area contributed by atoms with E-state index < -0.39 is 17.1 Å². The Morgan fingerprint density at radius 3 is 1.00 bits per heavy atom. The highest BCUT2D eigenvalue weighted by molar-refractivity contribution is 4.79. The zero-order valence-electron chi connectivity index (χ0n) is 12.2. The Kier molecular flexibility index (Phi) is 7.06. The summed E-state index contributed by atoms with van der Waals surface area (Å²) in [5.74, 6) is 0. The van der Waals surface area contributed by atoms with E-state index in [0.717, 1.165) is 13.7 Å². The van der Waals surface area contributed by atoms with Crippen LogP contribution in [0.15, 0.2) is 14.4 Å². The van der Waals surface area contributed by atoms with Crippen LogP contribution in [0.4, 0.5) is 0 Å². The van der Waals surface area contributed by atoms with E-state index in [0.29, 0.717) is 38.9 Å². The maximum absolute atomic E-state index is 12.3.